The summed E-state index contributed by atoms with van der Waals surface area (Å²) in [5.74, 6) is 0. The van der Waals surface area contributed by atoms with Gasteiger partial charge in [0.2, 0.25) is 0 Å². The van der Waals surface area contributed by atoms with E-state index in [9.17, 15) is 0 Å². The molecule has 0 saturated heterocycles. The van der Waals surface area contributed by atoms with Crippen molar-refractivity contribution in [2.75, 3.05) is 4.90 Å². The quantitative estimate of drug-likeness (QED) is 0.166. The van der Waals surface area contributed by atoms with Crippen molar-refractivity contribution < 1.29 is 0 Å². The van der Waals surface area contributed by atoms with Gasteiger partial charge in [-0.3, -0.25) is 0 Å². The maximum Gasteiger partial charge on any atom is 0.0566 e. The second-order valence-electron chi connectivity index (χ2n) is 15.0. The fraction of sp³-hybridized carbons (Fsp3) is 0.0370. The number of benzene rings is 8. The number of anilines is 2. The molecule has 1 atom stereocenters. The third kappa shape index (κ3) is 5.26. The summed E-state index contributed by atoms with van der Waals surface area (Å²) in [5.41, 5.74) is 16.8. The molecule has 0 spiro atoms. The Morgan fingerprint density at radius 2 is 1.05 bits per heavy atom. The van der Waals surface area contributed by atoms with Crippen LogP contribution in [0.1, 0.15) is 17.5 Å². The third-order valence-electron chi connectivity index (χ3n) is 11.8. The van der Waals surface area contributed by atoms with E-state index in [1.165, 1.54) is 88.1 Å². The van der Waals surface area contributed by atoms with Crippen molar-refractivity contribution in [1.29, 1.82) is 0 Å². The summed E-state index contributed by atoms with van der Waals surface area (Å²) in [7, 11) is 0. The molecule has 0 bridgehead atoms. The predicted molar refractivity (Wildman–Crippen MR) is 237 cm³/mol. The van der Waals surface area contributed by atoms with Gasteiger partial charge in [0.1, 0.15) is 0 Å². The lowest BCUT2D eigenvalue weighted by Crippen LogP contribution is -2.37. The van der Waals surface area contributed by atoms with Gasteiger partial charge in [0.15, 0.2) is 0 Å². The van der Waals surface area contributed by atoms with E-state index in [-0.39, 0.29) is 6.04 Å². The fourth-order valence-electron chi connectivity index (χ4n) is 9.06. The van der Waals surface area contributed by atoms with Gasteiger partial charge in [0.25, 0.3) is 0 Å². The Labute approximate surface area is 326 Å². The minimum atomic E-state index is 0.162. The molecule has 0 amide bonds. The second-order valence-corrected chi connectivity index (χ2v) is 15.0. The molecule has 1 unspecified atom stereocenters. The Morgan fingerprint density at radius 3 is 1.89 bits per heavy atom. The number of hydrogen-bond donors (Lipinski definition) is 0. The molecular formula is C54H38N2. The van der Waals surface area contributed by atoms with E-state index in [1.807, 2.05) is 0 Å². The molecule has 0 saturated carbocycles. The largest absolute Gasteiger partial charge is 0.334 e. The zero-order valence-electron chi connectivity index (χ0n) is 30.9. The fourth-order valence-corrected chi connectivity index (χ4v) is 9.06. The van der Waals surface area contributed by atoms with E-state index in [0.717, 1.165) is 17.7 Å². The van der Waals surface area contributed by atoms with Gasteiger partial charge in [0, 0.05) is 27.8 Å². The molecule has 1 heterocycles. The average Bonchev–Trinajstić information content (AvgIpc) is 3.75. The molecule has 0 radical (unpaired) electrons. The number of fused-ring (bicyclic) bond motifs is 7. The summed E-state index contributed by atoms with van der Waals surface area (Å²) >= 11 is 0. The molecule has 2 nitrogen and oxygen atoms in total. The minimum Gasteiger partial charge on any atom is -0.334 e. The van der Waals surface area contributed by atoms with E-state index >= 15 is 0 Å². The number of aromatic nitrogens is 1. The molecular weight excluding hydrogens is 677 g/mol. The van der Waals surface area contributed by atoms with Crippen molar-refractivity contribution in [3.8, 4) is 39.1 Å². The second kappa shape index (κ2) is 13.0. The van der Waals surface area contributed by atoms with Gasteiger partial charge in [-0.15, -0.1) is 0 Å². The van der Waals surface area contributed by atoms with E-state index < -0.39 is 0 Å². The van der Waals surface area contributed by atoms with E-state index in [1.54, 1.807) is 0 Å². The molecule has 2 heteroatoms. The smallest absolute Gasteiger partial charge is 0.0566 e. The molecule has 0 aliphatic heterocycles. The first-order valence-corrected chi connectivity index (χ1v) is 19.5. The van der Waals surface area contributed by atoms with E-state index in [2.05, 4.69) is 216 Å². The van der Waals surface area contributed by atoms with Gasteiger partial charge >= 0.3 is 0 Å². The molecule has 11 rings (SSSR count). The number of nitrogens with zero attached hydrogens (tertiary/aromatic N) is 2. The SMILES string of the molecule is C=C1c2ccccc2-c2ccc(N(c3ccc(-c4ccc5c(c4)c4ccccc4n5-c4ccc(-c5ccccc5)cc4)cc3)C3C=c4ccccc4=CC3)cc21. The first-order chi connectivity index (χ1) is 27.7. The average molecular weight is 715 g/mol. The molecule has 0 fully saturated rings. The summed E-state index contributed by atoms with van der Waals surface area (Å²) in [6, 6.07) is 68.8. The summed E-state index contributed by atoms with van der Waals surface area (Å²) in [4.78, 5) is 2.51. The molecule has 264 valence electrons. The Morgan fingerprint density at radius 1 is 0.446 bits per heavy atom. The maximum atomic E-state index is 4.54. The first kappa shape index (κ1) is 32.3. The van der Waals surface area contributed by atoms with Crippen molar-refractivity contribution in [3.63, 3.8) is 0 Å². The van der Waals surface area contributed by atoms with Crippen LogP contribution in [0, 0.1) is 0 Å². The highest BCUT2D eigenvalue weighted by Crippen LogP contribution is 2.46. The Kier molecular flexibility index (Phi) is 7.50. The topological polar surface area (TPSA) is 8.17 Å². The van der Waals surface area contributed by atoms with Crippen molar-refractivity contribution >= 4 is 50.9 Å². The van der Waals surface area contributed by atoms with Crippen molar-refractivity contribution in [2.45, 2.75) is 12.5 Å². The van der Waals surface area contributed by atoms with Gasteiger partial charge in [0.05, 0.1) is 17.1 Å². The van der Waals surface area contributed by atoms with Gasteiger partial charge < -0.3 is 9.47 Å². The monoisotopic (exact) mass is 714 g/mol. The van der Waals surface area contributed by atoms with E-state index in [0.29, 0.717) is 0 Å². The molecule has 1 aromatic heterocycles. The Balaban J connectivity index is 0.978. The van der Waals surface area contributed by atoms with Gasteiger partial charge in [-0.1, -0.05) is 152 Å². The van der Waals surface area contributed by atoms with Crippen LogP contribution in [0.25, 0.3) is 78.6 Å². The number of para-hydroxylation sites is 1. The highest BCUT2D eigenvalue weighted by atomic mass is 15.2. The summed E-state index contributed by atoms with van der Waals surface area (Å²) in [6.45, 7) is 4.54. The maximum absolute atomic E-state index is 4.54. The molecule has 0 N–H and O–H groups in total. The van der Waals surface area contributed by atoms with Crippen LogP contribution < -0.4 is 15.3 Å². The molecule has 2 aliphatic carbocycles. The van der Waals surface area contributed by atoms with Crippen molar-refractivity contribution in [1.82, 2.24) is 4.57 Å². The standard InChI is InChI=1S/C54H38N2/c1-36-47-15-7-8-16-48(47)49-31-30-46(35-51(36)49)55(45-29-23-38-13-5-6-14-41(38)33-45)43-25-21-40(22-26-43)42-24-32-54-52(34-42)50-17-9-10-18-53(50)56(54)44-27-19-39(20-28-44)37-11-3-2-4-12-37/h2-28,30-35,45H,1,29H2. The van der Waals surface area contributed by atoms with Crippen LogP contribution in [0.5, 0.6) is 0 Å². The van der Waals surface area contributed by atoms with Crippen LogP contribution in [0.3, 0.4) is 0 Å². The van der Waals surface area contributed by atoms with Gasteiger partial charge in [-0.2, -0.15) is 0 Å². The Bertz CT molecular complexity index is 3110. The Hall–Kier alpha value is -7.16. The van der Waals surface area contributed by atoms with Crippen LogP contribution in [-0.2, 0) is 0 Å². The molecule has 2 aliphatic rings. The van der Waals surface area contributed by atoms with E-state index in [4.69, 9.17) is 0 Å². The van der Waals surface area contributed by atoms with Crippen LogP contribution in [0.4, 0.5) is 11.4 Å². The van der Waals surface area contributed by atoms with Crippen molar-refractivity contribution in [2.24, 2.45) is 0 Å². The molecule has 8 aromatic carbocycles. The third-order valence-corrected chi connectivity index (χ3v) is 11.8. The number of rotatable bonds is 6. The van der Waals surface area contributed by atoms with Crippen LogP contribution >= 0.6 is 0 Å². The van der Waals surface area contributed by atoms with Gasteiger partial charge in [-0.25, -0.2) is 0 Å². The normalized spacial score (nSPS) is 14.1. The summed E-state index contributed by atoms with van der Waals surface area (Å²) < 4.78 is 2.39. The highest BCUT2D eigenvalue weighted by molar-refractivity contribution is 6.10. The zero-order valence-corrected chi connectivity index (χ0v) is 30.9. The summed E-state index contributed by atoms with van der Waals surface area (Å²) in [6.07, 6.45) is 5.73. The van der Waals surface area contributed by atoms with Gasteiger partial charge in [-0.05, 0) is 122 Å². The predicted octanol–water partition coefficient (Wildman–Crippen LogP) is 12.3. The minimum absolute atomic E-state index is 0.162. The summed E-state index contributed by atoms with van der Waals surface area (Å²) in [5, 5.41) is 5.09. The molecule has 56 heavy (non-hydrogen) atoms. The van der Waals surface area contributed by atoms with Crippen LogP contribution in [0.2, 0.25) is 0 Å². The lowest BCUT2D eigenvalue weighted by atomic mass is 9.98. The number of hydrogen-bond acceptors (Lipinski definition) is 1. The van der Waals surface area contributed by atoms with Crippen molar-refractivity contribution in [3.05, 3.63) is 216 Å². The first-order valence-electron chi connectivity index (χ1n) is 19.5. The molecule has 9 aromatic rings. The lowest BCUT2D eigenvalue weighted by Gasteiger charge is -2.33. The zero-order chi connectivity index (χ0) is 37.2. The van der Waals surface area contributed by atoms with Crippen LogP contribution in [-0.4, -0.2) is 10.6 Å². The van der Waals surface area contributed by atoms with Crippen LogP contribution in [0.15, 0.2) is 195 Å². The highest BCUT2D eigenvalue weighted by Gasteiger charge is 2.26. The lowest BCUT2D eigenvalue weighted by molar-refractivity contribution is 0.837.